The molecule has 6 rings (SSSR count). The molecule has 1 nitrogen and oxygen atoms in total. The Hall–Kier alpha value is -3.60. The summed E-state index contributed by atoms with van der Waals surface area (Å²) in [5, 5.41) is 20.5. The van der Waals surface area contributed by atoms with Gasteiger partial charge in [-0.2, -0.15) is 0 Å². The van der Waals surface area contributed by atoms with Crippen molar-refractivity contribution in [2.45, 2.75) is 61.5 Å². The maximum atomic E-state index is 12.6. The van der Waals surface area contributed by atoms with E-state index in [9.17, 15) is 5.11 Å². The lowest BCUT2D eigenvalue weighted by molar-refractivity contribution is 0.151. The number of aryl methyl sites for hydroxylation is 8. The van der Waals surface area contributed by atoms with Gasteiger partial charge in [0.05, 0.1) is 6.10 Å². The van der Waals surface area contributed by atoms with Crippen molar-refractivity contribution in [3.63, 3.8) is 0 Å². The summed E-state index contributed by atoms with van der Waals surface area (Å²) in [6, 6.07) is 36.5. The van der Waals surface area contributed by atoms with Gasteiger partial charge in [-0.05, 0) is 109 Å². The molecule has 0 amide bonds. The molecule has 0 bridgehead atoms. The predicted molar refractivity (Wildman–Crippen MR) is 208 cm³/mol. The second-order valence-corrected chi connectivity index (χ2v) is 18.0. The third-order valence-corrected chi connectivity index (χ3v) is 13.8. The van der Waals surface area contributed by atoms with Crippen molar-refractivity contribution in [2.24, 2.45) is 5.92 Å². The largest absolute Gasteiger partial charge is 0.387 e. The summed E-state index contributed by atoms with van der Waals surface area (Å²) in [5.41, 5.74) is 11.2. The standard InChI is InChI=1S/C44H46OP2/c1-28-16-29(2)21-36(20-28)46(37-22-30(3)17-31(4)23-37)42-14-10-9-12-40(42)44(45)41-13-11-15-43(41)47(38-24-32(5)18-33(6)25-38)39-26-34(7)19-35(8)27-39/h9-27,41,44-45H,1-8H3/t41?,44-/m0/s1. The zero-order valence-corrected chi connectivity index (χ0v) is 30.8. The molecule has 0 spiro atoms. The SMILES string of the molecule is Cc1cc(C)cc(P(C2=CC=CC2[C@@H](O)c2ccccc2P(c2cc(C)cc(C)c2)c2cc(C)cc(C)c2)c2cc(C)cc(C)c2)c1. The highest BCUT2D eigenvalue weighted by Crippen LogP contribution is 2.53. The zero-order chi connectivity index (χ0) is 33.4. The van der Waals surface area contributed by atoms with E-state index in [1.165, 1.54) is 76.3 Å². The number of aliphatic hydroxyl groups excluding tert-OH is 1. The summed E-state index contributed by atoms with van der Waals surface area (Å²) in [5.74, 6) is -0.126. The van der Waals surface area contributed by atoms with Gasteiger partial charge in [0.2, 0.25) is 0 Å². The molecule has 0 heterocycles. The van der Waals surface area contributed by atoms with Crippen LogP contribution in [0.4, 0.5) is 0 Å². The molecule has 1 aliphatic carbocycles. The van der Waals surface area contributed by atoms with Crippen LogP contribution in [0.3, 0.4) is 0 Å². The van der Waals surface area contributed by atoms with Crippen LogP contribution in [-0.2, 0) is 0 Å². The van der Waals surface area contributed by atoms with E-state index >= 15 is 0 Å². The zero-order valence-electron chi connectivity index (χ0n) is 29.0. The number of benzene rings is 5. The van der Waals surface area contributed by atoms with E-state index in [4.69, 9.17) is 0 Å². The van der Waals surface area contributed by atoms with E-state index in [0.717, 1.165) is 5.56 Å². The molecule has 1 unspecified atom stereocenters. The highest BCUT2D eigenvalue weighted by Gasteiger charge is 2.34. The lowest BCUT2D eigenvalue weighted by atomic mass is 9.97. The summed E-state index contributed by atoms with van der Waals surface area (Å²) >= 11 is 0. The molecule has 0 aromatic heterocycles. The normalized spacial score (nSPS) is 15.0. The van der Waals surface area contributed by atoms with Crippen LogP contribution in [0.25, 0.3) is 0 Å². The average molecular weight is 653 g/mol. The third kappa shape index (κ3) is 7.29. The van der Waals surface area contributed by atoms with Crippen LogP contribution in [-0.4, -0.2) is 5.11 Å². The second-order valence-electron chi connectivity index (χ2n) is 13.6. The smallest absolute Gasteiger partial charge is 0.0900 e. The highest BCUT2D eigenvalue weighted by molar-refractivity contribution is 7.80. The Morgan fingerprint density at radius 2 is 0.851 bits per heavy atom. The molecule has 1 N–H and O–H groups in total. The van der Waals surface area contributed by atoms with Gasteiger partial charge in [0.15, 0.2) is 0 Å². The molecule has 0 saturated heterocycles. The van der Waals surface area contributed by atoms with Gasteiger partial charge in [0.1, 0.15) is 0 Å². The molecule has 0 aliphatic heterocycles. The van der Waals surface area contributed by atoms with E-state index in [-0.39, 0.29) is 5.92 Å². The molecule has 47 heavy (non-hydrogen) atoms. The first-order chi connectivity index (χ1) is 22.5. The minimum absolute atomic E-state index is 0.126. The van der Waals surface area contributed by atoms with Crippen molar-refractivity contribution in [2.75, 3.05) is 0 Å². The van der Waals surface area contributed by atoms with Crippen molar-refractivity contribution in [1.29, 1.82) is 0 Å². The molecular weight excluding hydrogens is 606 g/mol. The molecule has 5 aromatic rings. The van der Waals surface area contributed by atoms with Crippen LogP contribution in [0.1, 0.15) is 56.2 Å². The first-order valence-corrected chi connectivity index (χ1v) is 19.2. The fourth-order valence-electron chi connectivity index (χ4n) is 7.30. The van der Waals surface area contributed by atoms with E-state index in [2.05, 4.69) is 171 Å². The maximum absolute atomic E-state index is 12.6. The number of hydrogen-bond donors (Lipinski definition) is 1. The van der Waals surface area contributed by atoms with Gasteiger partial charge < -0.3 is 5.11 Å². The van der Waals surface area contributed by atoms with Gasteiger partial charge >= 0.3 is 0 Å². The van der Waals surface area contributed by atoms with Crippen LogP contribution < -0.4 is 26.5 Å². The Morgan fingerprint density at radius 1 is 0.489 bits per heavy atom. The Bertz CT molecular complexity index is 1830. The fourth-order valence-corrected chi connectivity index (χ4v) is 13.2. The lowest BCUT2D eigenvalue weighted by Gasteiger charge is -2.31. The molecule has 0 saturated carbocycles. The van der Waals surface area contributed by atoms with E-state index < -0.39 is 21.9 Å². The van der Waals surface area contributed by atoms with Crippen molar-refractivity contribution in [1.82, 2.24) is 0 Å². The van der Waals surface area contributed by atoms with Crippen molar-refractivity contribution in [3.8, 4) is 0 Å². The number of aliphatic hydroxyl groups is 1. The summed E-state index contributed by atoms with van der Waals surface area (Å²) in [7, 11) is -1.78. The molecule has 238 valence electrons. The Balaban J connectivity index is 1.50. The first kappa shape index (κ1) is 33.3. The number of hydrogen-bond acceptors (Lipinski definition) is 1. The molecule has 1 aliphatic rings. The monoisotopic (exact) mass is 652 g/mol. The Morgan fingerprint density at radius 3 is 1.26 bits per heavy atom. The van der Waals surface area contributed by atoms with E-state index in [0.29, 0.717) is 0 Å². The highest BCUT2D eigenvalue weighted by atomic mass is 31.1. The van der Waals surface area contributed by atoms with Crippen LogP contribution >= 0.6 is 15.8 Å². The van der Waals surface area contributed by atoms with E-state index in [1.54, 1.807) is 0 Å². The minimum Gasteiger partial charge on any atom is -0.387 e. The number of allylic oxidation sites excluding steroid dienone is 2. The van der Waals surface area contributed by atoms with E-state index in [1.807, 2.05) is 0 Å². The van der Waals surface area contributed by atoms with Gasteiger partial charge in [0.25, 0.3) is 0 Å². The topological polar surface area (TPSA) is 20.2 Å². The number of rotatable bonds is 8. The molecule has 3 heteroatoms. The molecule has 0 fully saturated rings. The first-order valence-electron chi connectivity index (χ1n) is 16.6. The predicted octanol–water partition coefficient (Wildman–Crippen LogP) is 9.15. The average Bonchev–Trinajstić information content (AvgIpc) is 3.45. The van der Waals surface area contributed by atoms with Gasteiger partial charge in [-0.1, -0.05) is 160 Å². The van der Waals surface area contributed by atoms with Crippen LogP contribution in [0, 0.1) is 61.3 Å². The maximum Gasteiger partial charge on any atom is 0.0900 e. The third-order valence-electron chi connectivity index (χ3n) is 8.88. The summed E-state index contributed by atoms with van der Waals surface area (Å²) < 4.78 is 0. The van der Waals surface area contributed by atoms with Crippen LogP contribution in [0.15, 0.2) is 121 Å². The lowest BCUT2D eigenvalue weighted by Crippen LogP contribution is -2.28. The molecule has 0 radical (unpaired) electrons. The Kier molecular flexibility index (Phi) is 9.82. The van der Waals surface area contributed by atoms with Gasteiger partial charge in [-0.15, -0.1) is 0 Å². The minimum atomic E-state index is -0.911. The van der Waals surface area contributed by atoms with Crippen molar-refractivity contribution in [3.05, 3.63) is 171 Å². The summed E-state index contributed by atoms with van der Waals surface area (Å²) in [6.45, 7) is 17.5. The second kappa shape index (κ2) is 13.9. The van der Waals surface area contributed by atoms with Gasteiger partial charge in [-0.3, -0.25) is 0 Å². The van der Waals surface area contributed by atoms with Gasteiger partial charge in [0, 0.05) is 5.92 Å². The molecule has 2 atom stereocenters. The molecule has 5 aromatic carbocycles. The fraction of sp³-hybridized carbons (Fsp3) is 0.227. The molecular formula is C44H46OP2. The van der Waals surface area contributed by atoms with Crippen molar-refractivity contribution >= 4 is 42.4 Å². The van der Waals surface area contributed by atoms with Crippen molar-refractivity contribution < 1.29 is 5.11 Å². The van der Waals surface area contributed by atoms with Crippen LogP contribution in [0.5, 0.6) is 0 Å². The van der Waals surface area contributed by atoms with Crippen LogP contribution in [0.2, 0.25) is 0 Å². The summed E-state index contributed by atoms with van der Waals surface area (Å²) in [6.07, 6.45) is 6.00. The quantitative estimate of drug-likeness (QED) is 0.166. The Labute approximate surface area is 284 Å². The van der Waals surface area contributed by atoms with Gasteiger partial charge in [-0.25, -0.2) is 0 Å². The summed E-state index contributed by atoms with van der Waals surface area (Å²) in [4.78, 5) is 0.